The lowest BCUT2D eigenvalue weighted by Crippen LogP contribution is -2.49. The molecule has 0 spiro atoms. The Bertz CT molecular complexity index is 245. The highest BCUT2D eigenvalue weighted by Gasteiger charge is 2.32. The van der Waals surface area contributed by atoms with Crippen LogP contribution in [0.4, 0.5) is 8.78 Å². The number of amides is 1. The third kappa shape index (κ3) is 4.04. The number of rotatable bonds is 3. The van der Waals surface area contributed by atoms with Crippen molar-refractivity contribution >= 4 is 5.91 Å². The molecule has 0 bridgehead atoms. The highest BCUT2D eigenvalue weighted by Crippen LogP contribution is 2.21. The van der Waals surface area contributed by atoms with Gasteiger partial charge in [0.25, 0.3) is 5.92 Å². The Kier molecular flexibility index (Phi) is 4.24. The maximum atomic E-state index is 13.0. The van der Waals surface area contributed by atoms with E-state index in [1.54, 1.807) is 0 Å². The molecule has 1 aliphatic rings. The average molecular weight is 234 g/mol. The second kappa shape index (κ2) is 5.08. The molecule has 1 rings (SSSR count). The van der Waals surface area contributed by atoms with E-state index >= 15 is 0 Å². The molecule has 1 heterocycles. The number of alkyl halides is 2. The molecule has 1 amide bonds. The summed E-state index contributed by atoms with van der Waals surface area (Å²) in [5.41, 5.74) is 0. The van der Waals surface area contributed by atoms with Crippen LogP contribution in [-0.4, -0.2) is 54.4 Å². The minimum Gasteiger partial charge on any atom is -0.334 e. The van der Waals surface area contributed by atoms with Gasteiger partial charge in [0.1, 0.15) is 0 Å². The van der Waals surface area contributed by atoms with Crippen molar-refractivity contribution in [2.24, 2.45) is 0 Å². The Morgan fingerprint density at radius 1 is 1.44 bits per heavy atom. The van der Waals surface area contributed by atoms with Gasteiger partial charge in [-0.3, -0.25) is 4.79 Å². The van der Waals surface area contributed by atoms with Gasteiger partial charge in [-0.05, 0) is 33.0 Å². The first-order chi connectivity index (χ1) is 7.29. The van der Waals surface area contributed by atoms with E-state index in [1.165, 1.54) is 11.8 Å². The average Bonchev–Trinajstić information content (AvgIpc) is 2.14. The lowest BCUT2D eigenvalue weighted by atomic mass is 10.0. The number of hydrogen-bond acceptors (Lipinski definition) is 2. The van der Waals surface area contributed by atoms with Crippen molar-refractivity contribution in [2.45, 2.75) is 38.7 Å². The summed E-state index contributed by atoms with van der Waals surface area (Å²) in [6, 6.07) is -0.0282. The van der Waals surface area contributed by atoms with Crippen molar-refractivity contribution < 1.29 is 13.6 Å². The Morgan fingerprint density at radius 3 is 2.31 bits per heavy atom. The fourth-order valence-electron chi connectivity index (χ4n) is 2.10. The van der Waals surface area contributed by atoms with Gasteiger partial charge in [-0.1, -0.05) is 0 Å². The first-order valence-electron chi connectivity index (χ1n) is 5.63. The number of piperidine rings is 1. The summed E-state index contributed by atoms with van der Waals surface area (Å²) in [6.07, 6.45) is 1.57. The number of carbonyl (C=O) groups is 1. The van der Waals surface area contributed by atoms with Crippen LogP contribution in [0, 0.1) is 0 Å². The largest absolute Gasteiger partial charge is 0.334 e. The van der Waals surface area contributed by atoms with Crippen molar-refractivity contribution in [3.05, 3.63) is 0 Å². The Hall–Kier alpha value is -0.710. The fourth-order valence-corrected chi connectivity index (χ4v) is 2.10. The Balaban J connectivity index is 2.60. The van der Waals surface area contributed by atoms with Crippen LogP contribution in [-0.2, 0) is 4.79 Å². The van der Waals surface area contributed by atoms with E-state index in [0.717, 1.165) is 32.9 Å². The van der Waals surface area contributed by atoms with Gasteiger partial charge in [-0.2, -0.15) is 0 Å². The number of carbonyl (C=O) groups excluding carboxylic acids is 1. The van der Waals surface area contributed by atoms with Crippen LogP contribution in [0.3, 0.4) is 0 Å². The van der Waals surface area contributed by atoms with Gasteiger partial charge in [-0.15, -0.1) is 0 Å². The predicted molar refractivity (Wildman–Crippen MR) is 58.5 cm³/mol. The van der Waals surface area contributed by atoms with Crippen LogP contribution in [0.15, 0.2) is 0 Å². The summed E-state index contributed by atoms with van der Waals surface area (Å²) < 4.78 is 25.9. The van der Waals surface area contributed by atoms with Gasteiger partial charge in [0.2, 0.25) is 5.91 Å². The fraction of sp³-hybridized carbons (Fsp3) is 0.909. The standard InChI is InChI=1S/C11H20F2N2O/c1-9(16)15(8-11(2,12)13)10-4-6-14(3)7-5-10/h10H,4-8H2,1-3H3. The van der Waals surface area contributed by atoms with E-state index in [1.807, 2.05) is 7.05 Å². The van der Waals surface area contributed by atoms with Gasteiger partial charge >= 0.3 is 0 Å². The van der Waals surface area contributed by atoms with Crippen molar-refractivity contribution in [3.63, 3.8) is 0 Å². The number of hydrogen-bond donors (Lipinski definition) is 0. The molecule has 0 N–H and O–H groups in total. The number of likely N-dealkylation sites (tertiary alicyclic amines) is 1. The van der Waals surface area contributed by atoms with E-state index in [4.69, 9.17) is 0 Å². The van der Waals surface area contributed by atoms with E-state index in [0.29, 0.717) is 0 Å². The first-order valence-corrected chi connectivity index (χ1v) is 5.63. The zero-order valence-corrected chi connectivity index (χ0v) is 10.2. The second-order valence-electron chi connectivity index (χ2n) is 4.75. The van der Waals surface area contributed by atoms with Crippen LogP contribution in [0.5, 0.6) is 0 Å². The summed E-state index contributed by atoms with van der Waals surface area (Å²) in [4.78, 5) is 14.9. The predicted octanol–water partition coefficient (Wildman–Crippen LogP) is 1.58. The number of nitrogens with zero attached hydrogens (tertiary/aromatic N) is 2. The van der Waals surface area contributed by atoms with Gasteiger partial charge < -0.3 is 9.80 Å². The molecule has 94 valence electrons. The summed E-state index contributed by atoms with van der Waals surface area (Å²) in [5.74, 6) is -3.06. The van der Waals surface area contributed by atoms with Crippen LogP contribution < -0.4 is 0 Å². The maximum absolute atomic E-state index is 13.0. The van der Waals surface area contributed by atoms with Gasteiger partial charge in [0, 0.05) is 19.9 Å². The summed E-state index contributed by atoms with van der Waals surface area (Å²) in [5, 5.41) is 0. The van der Waals surface area contributed by atoms with E-state index in [-0.39, 0.29) is 11.9 Å². The minimum absolute atomic E-state index is 0.0282. The molecule has 1 fully saturated rings. The van der Waals surface area contributed by atoms with Crippen molar-refractivity contribution in [1.29, 1.82) is 0 Å². The second-order valence-corrected chi connectivity index (χ2v) is 4.75. The van der Waals surface area contributed by atoms with Crippen molar-refractivity contribution in [3.8, 4) is 0 Å². The molecule has 1 aliphatic heterocycles. The third-order valence-electron chi connectivity index (χ3n) is 2.98. The van der Waals surface area contributed by atoms with Crippen LogP contribution in [0.2, 0.25) is 0 Å². The minimum atomic E-state index is -2.81. The molecule has 3 nitrogen and oxygen atoms in total. The monoisotopic (exact) mass is 234 g/mol. The van der Waals surface area contributed by atoms with Crippen LogP contribution >= 0.6 is 0 Å². The lowest BCUT2D eigenvalue weighted by Gasteiger charge is -2.37. The molecule has 0 aromatic heterocycles. The molecule has 0 aromatic rings. The van der Waals surface area contributed by atoms with E-state index in [2.05, 4.69) is 4.90 Å². The molecule has 0 aromatic carbocycles. The SMILES string of the molecule is CC(=O)N(CC(C)(F)F)C1CCN(C)CC1. The van der Waals surface area contributed by atoms with E-state index in [9.17, 15) is 13.6 Å². The van der Waals surface area contributed by atoms with Gasteiger partial charge in [-0.25, -0.2) is 8.78 Å². The molecular formula is C11H20F2N2O. The van der Waals surface area contributed by atoms with Crippen molar-refractivity contribution in [2.75, 3.05) is 26.7 Å². The highest BCUT2D eigenvalue weighted by molar-refractivity contribution is 5.73. The topological polar surface area (TPSA) is 23.6 Å². The summed E-state index contributed by atoms with van der Waals surface area (Å²) in [6.45, 7) is 3.49. The zero-order chi connectivity index (χ0) is 12.3. The Labute approximate surface area is 95.4 Å². The molecule has 0 atom stereocenters. The van der Waals surface area contributed by atoms with Gasteiger partial charge in [0.05, 0.1) is 6.54 Å². The molecule has 0 radical (unpaired) electrons. The first kappa shape index (κ1) is 13.4. The van der Waals surface area contributed by atoms with Gasteiger partial charge in [0.15, 0.2) is 0 Å². The van der Waals surface area contributed by atoms with E-state index < -0.39 is 12.5 Å². The quantitative estimate of drug-likeness (QED) is 0.740. The summed E-state index contributed by atoms with van der Waals surface area (Å²) >= 11 is 0. The normalized spacial score (nSPS) is 19.8. The molecule has 0 saturated carbocycles. The Morgan fingerprint density at radius 2 is 1.94 bits per heavy atom. The molecule has 5 heteroatoms. The molecule has 0 unspecified atom stereocenters. The highest BCUT2D eigenvalue weighted by atomic mass is 19.3. The molecular weight excluding hydrogens is 214 g/mol. The molecule has 0 aliphatic carbocycles. The summed E-state index contributed by atoms with van der Waals surface area (Å²) in [7, 11) is 2.00. The molecule has 16 heavy (non-hydrogen) atoms. The van der Waals surface area contributed by atoms with Crippen molar-refractivity contribution in [1.82, 2.24) is 9.80 Å². The van der Waals surface area contributed by atoms with Crippen LogP contribution in [0.25, 0.3) is 0 Å². The number of halogens is 2. The third-order valence-corrected chi connectivity index (χ3v) is 2.98. The van der Waals surface area contributed by atoms with Crippen LogP contribution in [0.1, 0.15) is 26.7 Å². The zero-order valence-electron chi connectivity index (χ0n) is 10.2. The maximum Gasteiger partial charge on any atom is 0.262 e. The smallest absolute Gasteiger partial charge is 0.262 e. The molecule has 1 saturated heterocycles. The lowest BCUT2D eigenvalue weighted by molar-refractivity contribution is -0.138.